The first-order valence-electron chi connectivity index (χ1n) is 8.33. The molecule has 1 unspecified atom stereocenters. The number of hydrogen-bond acceptors (Lipinski definition) is 3. The number of pyridine rings is 1. The summed E-state index contributed by atoms with van der Waals surface area (Å²) in [5.74, 6) is -0.840. The minimum Gasteiger partial charge on any atom is -0.319 e. The monoisotopic (exact) mass is 383 g/mol. The van der Waals surface area contributed by atoms with Crippen molar-refractivity contribution < 1.29 is 14.0 Å². The average molecular weight is 384 g/mol. The third kappa shape index (κ3) is 2.92. The van der Waals surface area contributed by atoms with Gasteiger partial charge in [-0.25, -0.2) is 14.2 Å². The highest BCUT2D eigenvalue weighted by molar-refractivity contribution is 6.30. The number of para-hydroxylation sites is 1. The molecule has 1 aliphatic heterocycles. The molecule has 2 heterocycles. The maximum absolute atomic E-state index is 13.2. The number of nitrogens with one attached hydrogen (secondary N) is 1. The number of benzene rings is 2. The summed E-state index contributed by atoms with van der Waals surface area (Å²) in [6, 6.07) is 14.2. The summed E-state index contributed by atoms with van der Waals surface area (Å²) in [6.45, 7) is 1.60. The van der Waals surface area contributed by atoms with Gasteiger partial charge in [0.15, 0.2) is 0 Å². The highest BCUT2D eigenvalue weighted by Crippen LogP contribution is 2.31. The van der Waals surface area contributed by atoms with Crippen molar-refractivity contribution in [2.24, 2.45) is 0 Å². The molecule has 0 saturated carbocycles. The maximum Gasteiger partial charge on any atom is 0.325 e. The molecule has 5 nitrogen and oxygen atoms in total. The van der Waals surface area contributed by atoms with Crippen LogP contribution in [0.2, 0.25) is 5.15 Å². The number of fused-ring (bicyclic) bond motifs is 1. The van der Waals surface area contributed by atoms with Gasteiger partial charge in [-0.15, -0.1) is 0 Å². The zero-order valence-corrected chi connectivity index (χ0v) is 15.1. The molecule has 1 atom stereocenters. The summed E-state index contributed by atoms with van der Waals surface area (Å²) in [6.07, 6.45) is 0. The summed E-state index contributed by atoms with van der Waals surface area (Å²) in [4.78, 5) is 30.9. The van der Waals surface area contributed by atoms with Gasteiger partial charge >= 0.3 is 6.03 Å². The van der Waals surface area contributed by atoms with Gasteiger partial charge in [0.1, 0.15) is 16.5 Å². The predicted octanol–water partition coefficient (Wildman–Crippen LogP) is 3.99. The molecule has 1 N–H and O–H groups in total. The molecule has 7 heteroatoms. The minimum absolute atomic E-state index is 0.00187. The third-order valence-corrected chi connectivity index (χ3v) is 5.10. The van der Waals surface area contributed by atoms with E-state index in [4.69, 9.17) is 11.6 Å². The van der Waals surface area contributed by atoms with Crippen LogP contribution >= 0.6 is 11.6 Å². The number of amides is 3. The van der Waals surface area contributed by atoms with Gasteiger partial charge < -0.3 is 5.32 Å². The first-order chi connectivity index (χ1) is 12.9. The SMILES string of the molecule is CC1(c2ccc(F)cc2)NC(=O)N(Cc2cc3ccccc3nc2Cl)C1=O. The number of carbonyl (C=O) groups is 2. The second-order valence-corrected chi connectivity index (χ2v) is 6.94. The first kappa shape index (κ1) is 17.4. The summed E-state index contributed by atoms with van der Waals surface area (Å²) < 4.78 is 13.2. The number of nitrogens with zero attached hydrogens (tertiary/aromatic N) is 2. The zero-order valence-electron chi connectivity index (χ0n) is 14.4. The van der Waals surface area contributed by atoms with Crippen molar-refractivity contribution >= 4 is 34.4 Å². The number of aromatic nitrogens is 1. The van der Waals surface area contributed by atoms with E-state index in [0.717, 1.165) is 15.8 Å². The Morgan fingerprint density at radius 3 is 2.59 bits per heavy atom. The normalized spacial score (nSPS) is 19.6. The summed E-state index contributed by atoms with van der Waals surface area (Å²) in [7, 11) is 0. The molecule has 1 aromatic heterocycles. The topological polar surface area (TPSA) is 62.3 Å². The Bertz CT molecular complexity index is 1070. The van der Waals surface area contributed by atoms with E-state index in [0.29, 0.717) is 11.1 Å². The molecule has 0 spiro atoms. The highest BCUT2D eigenvalue weighted by Gasteiger charge is 2.49. The van der Waals surface area contributed by atoms with Crippen molar-refractivity contribution in [1.82, 2.24) is 15.2 Å². The van der Waals surface area contributed by atoms with E-state index in [1.807, 2.05) is 30.3 Å². The molecule has 27 heavy (non-hydrogen) atoms. The van der Waals surface area contributed by atoms with E-state index in [1.54, 1.807) is 6.92 Å². The lowest BCUT2D eigenvalue weighted by atomic mass is 9.92. The van der Waals surface area contributed by atoms with Crippen LogP contribution in [0.5, 0.6) is 0 Å². The second kappa shape index (κ2) is 6.32. The van der Waals surface area contributed by atoms with Crippen molar-refractivity contribution in [3.63, 3.8) is 0 Å². The van der Waals surface area contributed by atoms with E-state index >= 15 is 0 Å². The second-order valence-electron chi connectivity index (χ2n) is 6.58. The van der Waals surface area contributed by atoms with Gasteiger partial charge in [-0.3, -0.25) is 9.69 Å². The van der Waals surface area contributed by atoms with Crippen LogP contribution in [0, 0.1) is 5.82 Å². The van der Waals surface area contributed by atoms with Crippen LogP contribution in [0.15, 0.2) is 54.6 Å². The Morgan fingerprint density at radius 2 is 1.85 bits per heavy atom. The van der Waals surface area contributed by atoms with Gasteiger partial charge in [-0.05, 0) is 36.8 Å². The highest BCUT2D eigenvalue weighted by atomic mass is 35.5. The van der Waals surface area contributed by atoms with Crippen molar-refractivity contribution in [2.45, 2.75) is 19.0 Å². The quantitative estimate of drug-likeness (QED) is 0.549. The molecular weight excluding hydrogens is 369 g/mol. The van der Waals surface area contributed by atoms with Crippen molar-refractivity contribution in [1.29, 1.82) is 0 Å². The number of urea groups is 1. The van der Waals surface area contributed by atoms with Crippen LogP contribution in [0.3, 0.4) is 0 Å². The van der Waals surface area contributed by atoms with Crippen LogP contribution in [0.25, 0.3) is 10.9 Å². The third-order valence-electron chi connectivity index (χ3n) is 4.78. The molecule has 0 bridgehead atoms. The number of carbonyl (C=O) groups excluding carboxylic acids is 2. The minimum atomic E-state index is -1.26. The molecule has 0 aliphatic carbocycles. The molecule has 1 aliphatic rings. The molecular formula is C20H15ClFN3O2. The standard InChI is InChI=1S/C20H15ClFN3O2/c1-20(14-6-8-15(22)9-7-14)18(26)25(19(27)24-20)11-13-10-12-4-2-3-5-16(12)23-17(13)21/h2-10H,11H2,1H3,(H,24,27). The van der Waals surface area contributed by atoms with Gasteiger partial charge in [0.05, 0.1) is 12.1 Å². The molecule has 1 fully saturated rings. The lowest BCUT2D eigenvalue weighted by molar-refractivity contribution is -0.131. The van der Waals surface area contributed by atoms with Crippen molar-refractivity contribution in [3.8, 4) is 0 Å². The lowest BCUT2D eigenvalue weighted by Gasteiger charge is -2.22. The van der Waals surface area contributed by atoms with Crippen LogP contribution < -0.4 is 5.32 Å². The largest absolute Gasteiger partial charge is 0.325 e. The van der Waals surface area contributed by atoms with Crippen molar-refractivity contribution in [3.05, 3.63) is 76.7 Å². The maximum atomic E-state index is 13.2. The number of hydrogen-bond donors (Lipinski definition) is 1. The zero-order chi connectivity index (χ0) is 19.2. The Kier molecular flexibility index (Phi) is 4.08. The van der Waals surface area contributed by atoms with E-state index in [1.165, 1.54) is 24.3 Å². The predicted molar refractivity (Wildman–Crippen MR) is 99.6 cm³/mol. The number of rotatable bonds is 3. The fourth-order valence-electron chi connectivity index (χ4n) is 3.24. The molecule has 0 radical (unpaired) electrons. The van der Waals surface area contributed by atoms with Crippen LogP contribution in [-0.2, 0) is 16.9 Å². The molecule has 136 valence electrons. The van der Waals surface area contributed by atoms with E-state index in [2.05, 4.69) is 10.3 Å². The smallest absolute Gasteiger partial charge is 0.319 e. The molecule has 1 saturated heterocycles. The van der Waals surface area contributed by atoms with Gasteiger partial charge in [0, 0.05) is 10.9 Å². The van der Waals surface area contributed by atoms with Crippen LogP contribution in [0.4, 0.5) is 9.18 Å². The Morgan fingerprint density at radius 1 is 1.15 bits per heavy atom. The molecule has 2 aromatic carbocycles. The molecule has 4 rings (SSSR count). The fraction of sp³-hybridized carbons (Fsp3) is 0.150. The Labute approximate surface area is 159 Å². The fourth-order valence-corrected chi connectivity index (χ4v) is 3.44. The Hall–Kier alpha value is -2.99. The van der Waals surface area contributed by atoms with Crippen molar-refractivity contribution in [2.75, 3.05) is 0 Å². The molecule has 3 aromatic rings. The lowest BCUT2D eigenvalue weighted by Crippen LogP contribution is -2.40. The first-order valence-corrected chi connectivity index (χ1v) is 8.70. The summed E-state index contributed by atoms with van der Waals surface area (Å²) in [5, 5.41) is 3.80. The molecule has 3 amide bonds. The van der Waals surface area contributed by atoms with E-state index in [-0.39, 0.29) is 11.7 Å². The van der Waals surface area contributed by atoms with Gasteiger partial charge in [0.2, 0.25) is 0 Å². The van der Waals surface area contributed by atoms with Crippen LogP contribution in [-0.4, -0.2) is 21.8 Å². The van der Waals surface area contributed by atoms with E-state index < -0.39 is 23.3 Å². The van der Waals surface area contributed by atoms with Crippen LogP contribution in [0.1, 0.15) is 18.1 Å². The number of imide groups is 1. The van der Waals surface area contributed by atoms with E-state index in [9.17, 15) is 14.0 Å². The summed E-state index contributed by atoms with van der Waals surface area (Å²) in [5.41, 5.74) is 0.552. The van der Waals surface area contributed by atoms with Gasteiger partial charge in [-0.1, -0.05) is 41.9 Å². The average Bonchev–Trinajstić information content (AvgIpc) is 2.86. The van der Waals surface area contributed by atoms with Gasteiger partial charge in [0.25, 0.3) is 5.91 Å². The van der Waals surface area contributed by atoms with Gasteiger partial charge in [-0.2, -0.15) is 0 Å². The summed E-state index contributed by atoms with van der Waals surface area (Å²) >= 11 is 6.26. The Balaban J connectivity index is 1.67. The number of halogens is 2.